The van der Waals surface area contributed by atoms with Gasteiger partial charge in [-0.25, -0.2) is 4.98 Å². The monoisotopic (exact) mass is 289 g/mol. The number of halogens is 3. The van der Waals surface area contributed by atoms with Crippen LogP contribution in [0, 0.1) is 0 Å². The van der Waals surface area contributed by atoms with Crippen LogP contribution in [0.3, 0.4) is 0 Å². The maximum absolute atomic E-state index is 12.1. The number of hydrogen-bond acceptors (Lipinski definition) is 7. The Balaban J connectivity index is 2.26. The molecule has 0 bridgehead atoms. The SMILES string of the molecule is CCNc1nc(OCC(F)(F)F)nc(-n2cncn2)n1. The molecule has 2 aromatic rings. The summed E-state index contributed by atoms with van der Waals surface area (Å²) in [5.74, 6) is 0.0933. The molecule has 0 aliphatic heterocycles. The topological polar surface area (TPSA) is 90.6 Å². The number of anilines is 1. The quantitative estimate of drug-likeness (QED) is 0.871. The van der Waals surface area contributed by atoms with Gasteiger partial charge in [-0.05, 0) is 6.92 Å². The first-order chi connectivity index (χ1) is 9.48. The molecule has 108 valence electrons. The van der Waals surface area contributed by atoms with Crippen molar-refractivity contribution in [3.8, 4) is 12.0 Å². The molecular formula is C9H10F3N7O. The van der Waals surface area contributed by atoms with E-state index in [1.807, 2.05) is 0 Å². The van der Waals surface area contributed by atoms with Crippen molar-refractivity contribution in [1.82, 2.24) is 29.7 Å². The largest absolute Gasteiger partial charge is 0.454 e. The van der Waals surface area contributed by atoms with Gasteiger partial charge in [0.25, 0.3) is 5.95 Å². The summed E-state index contributed by atoms with van der Waals surface area (Å²) in [5.41, 5.74) is 0. The lowest BCUT2D eigenvalue weighted by Crippen LogP contribution is -2.21. The van der Waals surface area contributed by atoms with Gasteiger partial charge in [-0.2, -0.15) is 37.9 Å². The zero-order valence-corrected chi connectivity index (χ0v) is 10.3. The summed E-state index contributed by atoms with van der Waals surface area (Å²) in [6.45, 7) is 0.786. The van der Waals surface area contributed by atoms with Gasteiger partial charge in [0.1, 0.15) is 12.7 Å². The average molecular weight is 289 g/mol. The second-order valence-electron chi connectivity index (χ2n) is 3.52. The molecule has 0 spiro atoms. The minimum atomic E-state index is -4.47. The Morgan fingerprint density at radius 2 is 2.10 bits per heavy atom. The molecule has 11 heteroatoms. The van der Waals surface area contributed by atoms with Crippen LogP contribution in [0.15, 0.2) is 12.7 Å². The maximum atomic E-state index is 12.1. The van der Waals surface area contributed by atoms with Crippen LogP contribution >= 0.6 is 0 Å². The molecule has 8 nitrogen and oxygen atoms in total. The van der Waals surface area contributed by atoms with E-state index in [0.29, 0.717) is 6.54 Å². The molecule has 0 aromatic carbocycles. The zero-order chi connectivity index (χ0) is 14.6. The summed E-state index contributed by atoms with van der Waals surface area (Å²) in [6, 6.07) is -0.446. The third-order valence-electron chi connectivity index (χ3n) is 1.93. The Hall–Kier alpha value is -2.46. The van der Waals surface area contributed by atoms with Crippen LogP contribution < -0.4 is 10.1 Å². The minimum absolute atomic E-state index is 0.00521. The number of aromatic nitrogens is 6. The second-order valence-corrected chi connectivity index (χ2v) is 3.52. The first-order valence-electron chi connectivity index (χ1n) is 5.52. The van der Waals surface area contributed by atoms with E-state index in [1.165, 1.54) is 17.3 Å². The smallest absolute Gasteiger partial charge is 0.422 e. The number of hydrogen-bond donors (Lipinski definition) is 1. The van der Waals surface area contributed by atoms with Crippen LogP contribution in [0.25, 0.3) is 5.95 Å². The molecule has 0 aliphatic rings. The Morgan fingerprint density at radius 3 is 2.70 bits per heavy atom. The van der Waals surface area contributed by atoms with Crippen molar-refractivity contribution in [3.63, 3.8) is 0 Å². The molecule has 2 rings (SSSR count). The van der Waals surface area contributed by atoms with Gasteiger partial charge in [-0.1, -0.05) is 0 Å². The highest BCUT2D eigenvalue weighted by Gasteiger charge is 2.29. The highest BCUT2D eigenvalue weighted by Crippen LogP contribution is 2.17. The van der Waals surface area contributed by atoms with Gasteiger partial charge in [0.2, 0.25) is 5.95 Å². The Bertz CT molecular complexity index is 557. The summed E-state index contributed by atoms with van der Waals surface area (Å²) in [4.78, 5) is 15.1. The Labute approximate surface area is 111 Å². The third-order valence-corrected chi connectivity index (χ3v) is 1.93. The summed E-state index contributed by atoms with van der Waals surface area (Å²) in [7, 11) is 0. The number of nitrogens with zero attached hydrogens (tertiary/aromatic N) is 6. The van der Waals surface area contributed by atoms with Crippen LogP contribution in [-0.4, -0.2) is 49.0 Å². The van der Waals surface area contributed by atoms with E-state index >= 15 is 0 Å². The summed E-state index contributed by atoms with van der Waals surface area (Å²) in [6.07, 6.45) is -1.93. The second kappa shape index (κ2) is 5.67. The number of alkyl halides is 3. The van der Waals surface area contributed by atoms with Gasteiger partial charge in [0, 0.05) is 6.54 Å². The van der Waals surface area contributed by atoms with Crippen molar-refractivity contribution in [2.75, 3.05) is 18.5 Å². The van der Waals surface area contributed by atoms with Crippen LogP contribution in [0.1, 0.15) is 6.92 Å². The number of nitrogens with one attached hydrogen (secondary N) is 1. The Morgan fingerprint density at radius 1 is 1.30 bits per heavy atom. The maximum Gasteiger partial charge on any atom is 0.422 e. The fourth-order valence-electron chi connectivity index (χ4n) is 1.21. The van der Waals surface area contributed by atoms with Gasteiger partial charge in [0.05, 0.1) is 0 Å². The predicted molar refractivity (Wildman–Crippen MR) is 60.5 cm³/mol. The van der Waals surface area contributed by atoms with Crippen molar-refractivity contribution in [1.29, 1.82) is 0 Å². The van der Waals surface area contributed by atoms with E-state index in [-0.39, 0.29) is 11.9 Å². The van der Waals surface area contributed by atoms with Gasteiger partial charge in [0.15, 0.2) is 6.61 Å². The summed E-state index contributed by atoms with van der Waals surface area (Å²) < 4.78 is 42.1. The highest BCUT2D eigenvalue weighted by molar-refractivity contribution is 5.29. The van der Waals surface area contributed by atoms with Crippen LogP contribution in [0.5, 0.6) is 6.01 Å². The molecule has 1 N–H and O–H groups in total. The molecule has 20 heavy (non-hydrogen) atoms. The van der Waals surface area contributed by atoms with Crippen molar-refractivity contribution >= 4 is 5.95 Å². The molecule has 2 heterocycles. The molecule has 0 atom stereocenters. The standard InChI is InChI=1S/C9H10F3N7O/c1-2-14-6-16-7(19-5-13-4-15-19)18-8(17-6)20-3-9(10,11)12/h4-5H,2-3H2,1H3,(H,14,16,17,18). The van der Waals surface area contributed by atoms with Crippen molar-refractivity contribution in [2.45, 2.75) is 13.1 Å². The molecule has 0 saturated carbocycles. The molecule has 0 radical (unpaired) electrons. The van der Waals surface area contributed by atoms with E-state index in [9.17, 15) is 13.2 Å². The van der Waals surface area contributed by atoms with Crippen molar-refractivity contribution in [3.05, 3.63) is 12.7 Å². The third kappa shape index (κ3) is 3.76. The van der Waals surface area contributed by atoms with Crippen LogP contribution in [0.2, 0.25) is 0 Å². The van der Waals surface area contributed by atoms with Crippen LogP contribution in [0.4, 0.5) is 19.1 Å². The fraction of sp³-hybridized carbons (Fsp3) is 0.444. The lowest BCUT2D eigenvalue weighted by molar-refractivity contribution is -0.154. The predicted octanol–water partition coefficient (Wildman–Crippen LogP) is 0.825. The minimum Gasteiger partial charge on any atom is -0.454 e. The molecule has 0 fully saturated rings. The molecule has 0 amide bonds. The summed E-state index contributed by atoms with van der Waals surface area (Å²) in [5, 5.41) is 6.55. The molecule has 2 aromatic heterocycles. The molecule has 0 aliphatic carbocycles. The van der Waals surface area contributed by atoms with Gasteiger partial charge in [-0.15, -0.1) is 0 Å². The highest BCUT2D eigenvalue weighted by atomic mass is 19.4. The lowest BCUT2D eigenvalue weighted by atomic mass is 10.7. The first kappa shape index (κ1) is 14.0. The van der Waals surface area contributed by atoms with Gasteiger partial charge in [-0.3, -0.25) is 0 Å². The molecule has 0 unspecified atom stereocenters. The van der Waals surface area contributed by atoms with E-state index in [1.54, 1.807) is 6.92 Å². The number of ether oxygens (including phenoxy) is 1. The normalized spacial score (nSPS) is 11.4. The average Bonchev–Trinajstić information content (AvgIpc) is 2.89. The fourth-order valence-corrected chi connectivity index (χ4v) is 1.21. The van der Waals surface area contributed by atoms with E-state index in [0.717, 1.165) is 0 Å². The van der Waals surface area contributed by atoms with Crippen LogP contribution in [-0.2, 0) is 0 Å². The van der Waals surface area contributed by atoms with E-state index in [2.05, 4.69) is 35.1 Å². The zero-order valence-electron chi connectivity index (χ0n) is 10.3. The first-order valence-corrected chi connectivity index (χ1v) is 5.52. The molecular weight excluding hydrogens is 279 g/mol. The Kier molecular flexibility index (Phi) is 3.96. The van der Waals surface area contributed by atoms with Crippen molar-refractivity contribution in [2.24, 2.45) is 0 Å². The van der Waals surface area contributed by atoms with E-state index in [4.69, 9.17) is 0 Å². The number of rotatable bonds is 5. The van der Waals surface area contributed by atoms with Crippen molar-refractivity contribution < 1.29 is 17.9 Å². The molecule has 0 saturated heterocycles. The lowest BCUT2D eigenvalue weighted by Gasteiger charge is -2.10. The van der Waals surface area contributed by atoms with Gasteiger partial charge < -0.3 is 10.1 Å². The van der Waals surface area contributed by atoms with E-state index < -0.39 is 18.8 Å². The summed E-state index contributed by atoms with van der Waals surface area (Å²) >= 11 is 0. The van der Waals surface area contributed by atoms with Gasteiger partial charge >= 0.3 is 12.2 Å².